The van der Waals surface area contributed by atoms with Crippen LogP contribution in [0.25, 0.3) is 10.1 Å². The Hall–Kier alpha value is -1.39. The summed E-state index contributed by atoms with van der Waals surface area (Å²) in [4.78, 5) is 12.9. The van der Waals surface area contributed by atoms with Crippen molar-refractivity contribution in [3.05, 3.63) is 35.2 Å². The minimum Gasteiger partial charge on any atom is -0.352 e. The SMILES string of the molecule is CC(NCC(=O)NC1CC1)c1cc2ccccc2s1. The molecule has 1 fully saturated rings. The van der Waals surface area contributed by atoms with Gasteiger partial charge in [0.1, 0.15) is 0 Å². The molecule has 1 saturated carbocycles. The Kier molecular flexibility index (Phi) is 3.53. The molecule has 3 nitrogen and oxygen atoms in total. The van der Waals surface area contributed by atoms with Gasteiger partial charge in [0, 0.05) is 21.7 Å². The minimum absolute atomic E-state index is 0.107. The van der Waals surface area contributed by atoms with Gasteiger partial charge in [-0.25, -0.2) is 0 Å². The Morgan fingerprint density at radius 2 is 2.21 bits per heavy atom. The first-order valence-electron chi connectivity index (χ1n) is 6.73. The van der Waals surface area contributed by atoms with Crippen LogP contribution in [0.2, 0.25) is 0 Å². The quantitative estimate of drug-likeness (QED) is 0.880. The summed E-state index contributed by atoms with van der Waals surface area (Å²) in [5, 5.41) is 7.56. The Morgan fingerprint density at radius 3 is 2.95 bits per heavy atom. The summed E-state index contributed by atoms with van der Waals surface area (Å²) in [6, 6.07) is 11.2. The van der Waals surface area contributed by atoms with E-state index in [1.54, 1.807) is 11.3 Å². The van der Waals surface area contributed by atoms with Crippen LogP contribution in [0.3, 0.4) is 0 Å². The lowest BCUT2D eigenvalue weighted by Gasteiger charge is -2.11. The lowest BCUT2D eigenvalue weighted by atomic mass is 10.2. The first-order valence-corrected chi connectivity index (χ1v) is 7.55. The highest BCUT2D eigenvalue weighted by molar-refractivity contribution is 7.19. The van der Waals surface area contributed by atoms with Gasteiger partial charge in [-0.3, -0.25) is 4.79 Å². The second kappa shape index (κ2) is 5.31. The number of thiophene rings is 1. The predicted octanol–water partition coefficient (Wildman–Crippen LogP) is 2.83. The molecule has 19 heavy (non-hydrogen) atoms. The monoisotopic (exact) mass is 274 g/mol. The maximum Gasteiger partial charge on any atom is 0.234 e. The summed E-state index contributed by atoms with van der Waals surface area (Å²) < 4.78 is 1.30. The van der Waals surface area contributed by atoms with E-state index in [1.807, 2.05) is 0 Å². The number of rotatable bonds is 5. The Balaban J connectivity index is 1.59. The second-order valence-electron chi connectivity index (χ2n) is 5.13. The summed E-state index contributed by atoms with van der Waals surface area (Å²) in [6.07, 6.45) is 2.27. The van der Waals surface area contributed by atoms with E-state index in [0.29, 0.717) is 12.6 Å². The van der Waals surface area contributed by atoms with Crippen LogP contribution in [0.1, 0.15) is 30.7 Å². The Labute approximate surface area is 117 Å². The van der Waals surface area contributed by atoms with Crippen LogP contribution < -0.4 is 10.6 Å². The van der Waals surface area contributed by atoms with Gasteiger partial charge in [0.2, 0.25) is 5.91 Å². The van der Waals surface area contributed by atoms with Gasteiger partial charge in [-0.1, -0.05) is 18.2 Å². The number of amides is 1. The lowest BCUT2D eigenvalue weighted by molar-refractivity contribution is -0.120. The first-order chi connectivity index (χ1) is 9.22. The van der Waals surface area contributed by atoms with E-state index >= 15 is 0 Å². The first kappa shape index (κ1) is 12.6. The molecule has 1 aliphatic rings. The standard InChI is InChI=1S/C15H18N2OS/c1-10(16-9-15(18)17-12-6-7-12)14-8-11-4-2-3-5-13(11)19-14/h2-5,8,10,12,16H,6-7,9H2,1H3,(H,17,18). The molecule has 1 aromatic carbocycles. The summed E-state index contributed by atoms with van der Waals surface area (Å²) in [6.45, 7) is 2.50. The van der Waals surface area contributed by atoms with Gasteiger partial charge < -0.3 is 10.6 Å². The molecule has 2 aromatic rings. The molecule has 0 spiro atoms. The van der Waals surface area contributed by atoms with Crippen LogP contribution >= 0.6 is 11.3 Å². The van der Waals surface area contributed by atoms with Crippen molar-refractivity contribution in [3.8, 4) is 0 Å². The van der Waals surface area contributed by atoms with Crippen LogP contribution in [-0.2, 0) is 4.79 Å². The Morgan fingerprint density at radius 1 is 1.42 bits per heavy atom. The van der Waals surface area contributed by atoms with Gasteiger partial charge in [0.15, 0.2) is 0 Å². The van der Waals surface area contributed by atoms with Gasteiger partial charge in [-0.05, 0) is 37.3 Å². The molecule has 0 aliphatic heterocycles. The number of hydrogen-bond acceptors (Lipinski definition) is 3. The zero-order valence-electron chi connectivity index (χ0n) is 11.0. The normalized spacial score (nSPS) is 16.5. The van der Waals surface area contributed by atoms with E-state index in [4.69, 9.17) is 0 Å². The number of fused-ring (bicyclic) bond motifs is 1. The molecule has 1 amide bonds. The molecule has 1 atom stereocenters. The van der Waals surface area contributed by atoms with Crippen molar-refractivity contribution < 1.29 is 4.79 Å². The van der Waals surface area contributed by atoms with Crippen molar-refractivity contribution in [2.24, 2.45) is 0 Å². The average Bonchev–Trinajstić information content (AvgIpc) is 3.10. The fourth-order valence-corrected chi connectivity index (χ4v) is 3.16. The second-order valence-corrected chi connectivity index (χ2v) is 6.25. The molecule has 2 N–H and O–H groups in total. The molecule has 100 valence electrons. The van der Waals surface area contributed by atoms with E-state index < -0.39 is 0 Å². The van der Waals surface area contributed by atoms with Crippen molar-refractivity contribution in [2.45, 2.75) is 31.8 Å². The molecule has 1 heterocycles. The zero-order valence-corrected chi connectivity index (χ0v) is 11.8. The van der Waals surface area contributed by atoms with E-state index in [1.165, 1.54) is 15.0 Å². The number of benzene rings is 1. The Bertz CT molecular complexity index is 556. The smallest absolute Gasteiger partial charge is 0.234 e. The fraction of sp³-hybridized carbons (Fsp3) is 0.400. The summed E-state index contributed by atoms with van der Waals surface area (Å²) >= 11 is 1.79. The van der Waals surface area contributed by atoms with Gasteiger partial charge in [0.25, 0.3) is 0 Å². The van der Waals surface area contributed by atoms with Gasteiger partial charge in [-0.2, -0.15) is 0 Å². The maximum atomic E-state index is 11.6. The number of carbonyl (C=O) groups excluding carboxylic acids is 1. The van der Waals surface area contributed by atoms with Crippen molar-refractivity contribution in [1.29, 1.82) is 0 Å². The van der Waals surface area contributed by atoms with Crippen LogP contribution in [0, 0.1) is 0 Å². The third-order valence-electron chi connectivity index (χ3n) is 3.38. The van der Waals surface area contributed by atoms with Crippen LogP contribution in [0.15, 0.2) is 30.3 Å². The van der Waals surface area contributed by atoms with Gasteiger partial charge >= 0.3 is 0 Å². The minimum atomic E-state index is 0.107. The fourth-order valence-electron chi connectivity index (χ4n) is 2.07. The third kappa shape index (κ3) is 3.14. The number of hydrogen-bond donors (Lipinski definition) is 2. The molecule has 4 heteroatoms. The maximum absolute atomic E-state index is 11.6. The van der Waals surface area contributed by atoms with Crippen molar-refractivity contribution >= 4 is 27.3 Å². The van der Waals surface area contributed by atoms with Crippen LogP contribution in [-0.4, -0.2) is 18.5 Å². The number of carbonyl (C=O) groups is 1. The molecular weight excluding hydrogens is 256 g/mol. The van der Waals surface area contributed by atoms with E-state index in [2.05, 4.69) is 47.9 Å². The molecule has 1 aliphatic carbocycles. The highest BCUT2D eigenvalue weighted by Crippen LogP contribution is 2.29. The highest BCUT2D eigenvalue weighted by Gasteiger charge is 2.23. The van der Waals surface area contributed by atoms with Crippen molar-refractivity contribution in [2.75, 3.05) is 6.54 Å². The average molecular weight is 274 g/mol. The summed E-state index contributed by atoms with van der Waals surface area (Å²) in [5.74, 6) is 0.107. The van der Waals surface area contributed by atoms with Crippen LogP contribution in [0.4, 0.5) is 0 Å². The predicted molar refractivity (Wildman–Crippen MR) is 79.4 cm³/mol. The topological polar surface area (TPSA) is 41.1 Å². The molecule has 0 saturated heterocycles. The van der Waals surface area contributed by atoms with E-state index in [0.717, 1.165) is 12.8 Å². The van der Waals surface area contributed by atoms with Crippen molar-refractivity contribution in [1.82, 2.24) is 10.6 Å². The zero-order chi connectivity index (χ0) is 13.2. The molecule has 1 aromatic heterocycles. The molecule has 0 radical (unpaired) electrons. The molecular formula is C15H18N2OS. The molecule has 3 rings (SSSR count). The lowest BCUT2D eigenvalue weighted by Crippen LogP contribution is -2.35. The summed E-state index contributed by atoms with van der Waals surface area (Å²) in [7, 11) is 0. The highest BCUT2D eigenvalue weighted by atomic mass is 32.1. The molecule has 1 unspecified atom stereocenters. The molecule has 0 bridgehead atoms. The van der Waals surface area contributed by atoms with Gasteiger partial charge in [0.05, 0.1) is 6.54 Å². The summed E-state index contributed by atoms with van der Waals surface area (Å²) in [5.41, 5.74) is 0. The van der Waals surface area contributed by atoms with Crippen molar-refractivity contribution in [3.63, 3.8) is 0 Å². The third-order valence-corrected chi connectivity index (χ3v) is 4.68. The van der Waals surface area contributed by atoms with Crippen LogP contribution in [0.5, 0.6) is 0 Å². The van der Waals surface area contributed by atoms with Gasteiger partial charge in [-0.15, -0.1) is 11.3 Å². The largest absolute Gasteiger partial charge is 0.352 e. The van der Waals surface area contributed by atoms with E-state index in [-0.39, 0.29) is 11.9 Å². The number of nitrogens with one attached hydrogen (secondary N) is 2. The van der Waals surface area contributed by atoms with E-state index in [9.17, 15) is 4.79 Å².